The molecule has 0 aliphatic carbocycles. The third-order valence-corrected chi connectivity index (χ3v) is 0.295. The molecule has 0 aromatic rings. The van der Waals surface area contributed by atoms with Crippen molar-refractivity contribution in [3.8, 4) is 0 Å². The van der Waals surface area contributed by atoms with Gasteiger partial charge in [0.25, 0.3) is 0 Å². The first-order valence-electron chi connectivity index (χ1n) is 1.70. The van der Waals surface area contributed by atoms with Gasteiger partial charge in [0.15, 0.2) is 0 Å². The predicted octanol–water partition coefficient (Wildman–Crippen LogP) is -1.28. The molecule has 1 nitrogen and oxygen atoms in total. The van der Waals surface area contributed by atoms with Crippen LogP contribution >= 0.6 is 0 Å². The first kappa shape index (κ1) is 5.92. The molecule has 0 heterocycles. The van der Waals surface area contributed by atoms with Gasteiger partial charge in [-0.15, -0.1) is 0 Å². The van der Waals surface area contributed by atoms with E-state index in [0.717, 1.165) is 0 Å². The van der Waals surface area contributed by atoms with E-state index in [2.05, 4.69) is 4.65 Å². The third kappa shape index (κ3) is 3.92. The Morgan fingerprint density at radius 2 is 2.50 bits per heavy atom. The van der Waals surface area contributed by atoms with E-state index >= 15 is 0 Å². The molecule has 0 bridgehead atoms. The second-order valence-electron chi connectivity index (χ2n) is 0.745. The molecule has 0 aliphatic rings. The van der Waals surface area contributed by atoms with Crippen LogP contribution in [0.3, 0.4) is 0 Å². The van der Waals surface area contributed by atoms with E-state index in [1.807, 2.05) is 0 Å². The summed E-state index contributed by atoms with van der Waals surface area (Å²) in [5.74, 6) is 0. The molecule has 5 heteroatoms. The van der Waals surface area contributed by atoms with Gasteiger partial charge in [0.1, 0.15) is 0 Å². The molecule has 0 radical (unpaired) electrons. The van der Waals surface area contributed by atoms with Crippen LogP contribution in [0.5, 0.6) is 0 Å². The van der Waals surface area contributed by atoms with Crippen LogP contribution in [0, 0.1) is 0 Å². The van der Waals surface area contributed by atoms with Gasteiger partial charge >= 0.3 is 37.3 Å². The zero-order valence-electron chi connectivity index (χ0n) is 3.65. The number of alkyl halides is 1. The molecule has 0 saturated carbocycles. The Balaban J connectivity index is 2.66. The second kappa shape index (κ2) is 4.92. The van der Waals surface area contributed by atoms with Gasteiger partial charge in [-0.3, -0.25) is 0 Å². The van der Waals surface area contributed by atoms with Gasteiger partial charge in [-0.25, -0.2) is 0 Å². The molecule has 0 unspecified atom stereocenters. The molecule has 30 valence electrons. The van der Waals surface area contributed by atoms with Crippen molar-refractivity contribution in [2.75, 3.05) is 6.86 Å². The molecule has 0 rings (SSSR count). The molecule has 0 fully saturated rings. The van der Waals surface area contributed by atoms with Crippen molar-refractivity contribution >= 4 is 21.4 Å². The molecule has 0 spiro atoms. The van der Waals surface area contributed by atoms with Crippen molar-refractivity contribution < 1.29 is 9.04 Å². The van der Waals surface area contributed by atoms with Crippen LogP contribution in [0.1, 0.15) is 0 Å². The van der Waals surface area contributed by atoms with Gasteiger partial charge < -0.3 is 0 Å². The van der Waals surface area contributed by atoms with Crippen LogP contribution in [0.25, 0.3) is 0 Å². The van der Waals surface area contributed by atoms with Crippen molar-refractivity contribution in [3.63, 3.8) is 0 Å². The van der Waals surface area contributed by atoms with Crippen LogP contribution < -0.4 is 0 Å². The fraction of sp³-hybridized carbons (Fsp3) is 1.00. The SMILES string of the molecule is BB=BOCF. The molecule has 6 heavy (non-hydrogen) atoms. The monoisotopic (exact) mass is 84.1 g/mol. The van der Waals surface area contributed by atoms with Crippen molar-refractivity contribution in [2.24, 2.45) is 0 Å². The van der Waals surface area contributed by atoms with E-state index in [1.54, 1.807) is 14.4 Å². The third-order valence-electron chi connectivity index (χ3n) is 0.295. The Kier molecular flexibility index (Phi) is 4.86. The zero-order chi connectivity index (χ0) is 4.83. The van der Waals surface area contributed by atoms with Gasteiger partial charge in [0, 0.05) is 0 Å². The molecular formula is CH4B3FO. The standard InChI is InChI=1S/CH4B3FO/c2-3-4-6-1-5/h1-2H2. The Labute approximate surface area is 38.4 Å². The number of hydrogen-bond acceptors (Lipinski definition) is 1. The van der Waals surface area contributed by atoms with E-state index in [1.165, 1.54) is 7.00 Å². The first-order chi connectivity index (χ1) is 2.91. The Morgan fingerprint density at radius 1 is 1.83 bits per heavy atom. The van der Waals surface area contributed by atoms with E-state index in [4.69, 9.17) is 0 Å². The fourth-order valence-corrected chi connectivity index (χ4v) is 0.133. The summed E-state index contributed by atoms with van der Waals surface area (Å²) in [6, 6.07) is 0. The van der Waals surface area contributed by atoms with Crippen molar-refractivity contribution in [2.45, 2.75) is 0 Å². The number of rotatable bonds is 2. The van der Waals surface area contributed by atoms with E-state index < -0.39 is 6.86 Å². The zero-order valence-corrected chi connectivity index (χ0v) is 3.65. The average molecular weight is 83.5 g/mol. The van der Waals surface area contributed by atoms with Crippen LogP contribution in [0.2, 0.25) is 0 Å². The van der Waals surface area contributed by atoms with Crippen LogP contribution in [0.4, 0.5) is 4.39 Å². The minimum absolute atomic E-state index is 0.732. The van der Waals surface area contributed by atoms with Gasteiger partial charge in [-0.05, 0) is 0 Å². The number of hydrogen-bond donors (Lipinski definition) is 0. The first-order valence-corrected chi connectivity index (χ1v) is 1.70. The summed E-state index contributed by atoms with van der Waals surface area (Å²) in [5, 5.41) is 0. The van der Waals surface area contributed by atoms with Gasteiger partial charge in [-0.1, -0.05) is 0 Å². The van der Waals surface area contributed by atoms with Crippen LogP contribution in [-0.2, 0) is 4.65 Å². The molecule has 0 aliphatic heterocycles. The Hall–Kier alpha value is -0.0752. The predicted molar refractivity (Wildman–Crippen MR) is 27.1 cm³/mol. The molecule has 0 N–H and O–H groups in total. The topological polar surface area (TPSA) is 9.23 Å². The fourth-order valence-electron chi connectivity index (χ4n) is 0.133. The van der Waals surface area contributed by atoms with E-state index in [0.29, 0.717) is 0 Å². The maximum absolute atomic E-state index is 10.9. The molecule has 0 aromatic carbocycles. The maximum atomic E-state index is 10.9. The summed E-state index contributed by atoms with van der Waals surface area (Å²) >= 11 is 0. The minimum atomic E-state index is -0.732. The van der Waals surface area contributed by atoms with Gasteiger partial charge in [0.2, 0.25) is 0 Å². The summed E-state index contributed by atoms with van der Waals surface area (Å²) in [6.07, 6.45) is 0. The summed E-state index contributed by atoms with van der Waals surface area (Å²) in [4.78, 5) is 0. The van der Waals surface area contributed by atoms with E-state index in [9.17, 15) is 4.39 Å². The molecule has 0 atom stereocenters. The van der Waals surface area contributed by atoms with Gasteiger partial charge in [-0.2, -0.15) is 0 Å². The van der Waals surface area contributed by atoms with Crippen LogP contribution in [-0.4, -0.2) is 28.3 Å². The average Bonchev–Trinajstić information content (AvgIpc) is 1.61. The van der Waals surface area contributed by atoms with Crippen molar-refractivity contribution in [1.82, 2.24) is 0 Å². The summed E-state index contributed by atoms with van der Waals surface area (Å²) in [7, 11) is 3.07. The Bertz CT molecular complexity index is 46.1. The summed E-state index contributed by atoms with van der Waals surface area (Å²) in [6.45, 7) is 0.893. The summed E-state index contributed by atoms with van der Waals surface area (Å²) in [5.41, 5.74) is 0. The molecule has 0 aromatic heterocycles. The Morgan fingerprint density at radius 3 is 2.67 bits per heavy atom. The van der Waals surface area contributed by atoms with Crippen LogP contribution in [0.15, 0.2) is 0 Å². The van der Waals surface area contributed by atoms with Crippen molar-refractivity contribution in [1.29, 1.82) is 0 Å². The van der Waals surface area contributed by atoms with Gasteiger partial charge in [0.05, 0.1) is 0 Å². The molecule has 0 saturated heterocycles. The molecular weight excluding hydrogens is 79.4 g/mol. The molecule has 0 amide bonds. The summed E-state index contributed by atoms with van der Waals surface area (Å²) < 4.78 is 15.0. The quantitative estimate of drug-likeness (QED) is 0.378. The second-order valence-corrected chi connectivity index (χ2v) is 0.745. The van der Waals surface area contributed by atoms with E-state index in [-0.39, 0.29) is 0 Å². The number of halogens is 1. The van der Waals surface area contributed by atoms with Crippen molar-refractivity contribution in [3.05, 3.63) is 0 Å². The normalized spacial score (nSPS) is 6.83.